The quantitative estimate of drug-likeness (QED) is 0.801. The van der Waals surface area contributed by atoms with Gasteiger partial charge >= 0.3 is 0 Å². The van der Waals surface area contributed by atoms with Gasteiger partial charge in [0.25, 0.3) is 0 Å². The van der Waals surface area contributed by atoms with Crippen LogP contribution in [0.25, 0.3) is 0 Å². The number of nitrogens with zero attached hydrogens (tertiary/aromatic N) is 1. The molecule has 0 atom stereocenters. The summed E-state index contributed by atoms with van der Waals surface area (Å²) in [6, 6.07) is 5.80. The average Bonchev–Trinajstić information content (AvgIpc) is 2.28. The van der Waals surface area contributed by atoms with Gasteiger partial charge in [-0.2, -0.15) is 4.98 Å². The zero-order chi connectivity index (χ0) is 12.0. The first-order valence-corrected chi connectivity index (χ1v) is 5.91. The van der Waals surface area contributed by atoms with E-state index in [1.165, 1.54) is 0 Å². The molecule has 0 unspecified atom stereocenters. The summed E-state index contributed by atoms with van der Waals surface area (Å²) in [5.74, 6) is 1.56. The third-order valence-electron chi connectivity index (χ3n) is 2.72. The van der Waals surface area contributed by atoms with E-state index in [2.05, 4.69) is 31.1 Å². The lowest BCUT2D eigenvalue weighted by Gasteiger charge is -2.23. The lowest BCUT2D eigenvalue weighted by molar-refractivity contribution is 0.327. The van der Waals surface area contributed by atoms with Crippen molar-refractivity contribution in [2.75, 3.05) is 18.5 Å². The normalized spacial score (nSPS) is 11.2. The van der Waals surface area contributed by atoms with Crippen molar-refractivity contribution in [3.05, 3.63) is 18.2 Å². The standard InChI is InChI=1S/C13H22N2O/c1-5-13(3,4)10-14-11-8-7-9-12(15-11)16-6-2/h7-9H,5-6,10H2,1-4H3,(H,14,15). The lowest BCUT2D eigenvalue weighted by atomic mass is 9.90. The van der Waals surface area contributed by atoms with Crippen LogP contribution < -0.4 is 10.1 Å². The molecule has 0 saturated carbocycles. The largest absolute Gasteiger partial charge is 0.478 e. The minimum Gasteiger partial charge on any atom is -0.478 e. The van der Waals surface area contributed by atoms with Gasteiger partial charge < -0.3 is 10.1 Å². The summed E-state index contributed by atoms with van der Waals surface area (Å²) in [4.78, 5) is 4.37. The van der Waals surface area contributed by atoms with Crippen molar-refractivity contribution in [2.45, 2.75) is 34.1 Å². The fraction of sp³-hybridized carbons (Fsp3) is 0.615. The summed E-state index contributed by atoms with van der Waals surface area (Å²) in [5.41, 5.74) is 0.295. The van der Waals surface area contributed by atoms with Gasteiger partial charge in [0.2, 0.25) is 5.88 Å². The number of hydrogen-bond acceptors (Lipinski definition) is 3. The van der Waals surface area contributed by atoms with Crippen LogP contribution in [0.15, 0.2) is 18.2 Å². The van der Waals surface area contributed by atoms with Crippen molar-refractivity contribution in [1.82, 2.24) is 4.98 Å². The molecular formula is C13H22N2O. The van der Waals surface area contributed by atoms with Crippen LogP contribution in [0.4, 0.5) is 5.82 Å². The fourth-order valence-electron chi connectivity index (χ4n) is 1.20. The van der Waals surface area contributed by atoms with E-state index in [4.69, 9.17) is 4.74 Å². The van der Waals surface area contributed by atoms with Crippen LogP contribution in [-0.4, -0.2) is 18.1 Å². The molecule has 0 aromatic carbocycles. The van der Waals surface area contributed by atoms with Crippen molar-refractivity contribution < 1.29 is 4.74 Å². The molecule has 1 aromatic rings. The third kappa shape index (κ3) is 4.09. The molecule has 0 bridgehead atoms. The van der Waals surface area contributed by atoms with E-state index in [0.717, 1.165) is 18.8 Å². The number of anilines is 1. The van der Waals surface area contributed by atoms with Crippen LogP contribution in [-0.2, 0) is 0 Å². The Morgan fingerprint density at radius 3 is 2.69 bits per heavy atom. The van der Waals surface area contributed by atoms with Gasteiger partial charge in [0.15, 0.2) is 0 Å². The highest BCUT2D eigenvalue weighted by Gasteiger charge is 2.14. The van der Waals surface area contributed by atoms with Crippen molar-refractivity contribution in [2.24, 2.45) is 5.41 Å². The van der Waals surface area contributed by atoms with E-state index >= 15 is 0 Å². The van der Waals surface area contributed by atoms with Crippen LogP contribution >= 0.6 is 0 Å². The molecule has 0 fully saturated rings. The average molecular weight is 222 g/mol. The van der Waals surface area contributed by atoms with Gasteiger partial charge in [-0.15, -0.1) is 0 Å². The Hall–Kier alpha value is -1.25. The fourth-order valence-corrected chi connectivity index (χ4v) is 1.20. The molecule has 16 heavy (non-hydrogen) atoms. The number of ether oxygens (including phenoxy) is 1. The van der Waals surface area contributed by atoms with Crippen LogP contribution in [0.3, 0.4) is 0 Å². The number of hydrogen-bond donors (Lipinski definition) is 1. The Kier molecular flexibility index (Phi) is 4.59. The molecule has 90 valence electrons. The molecule has 1 N–H and O–H groups in total. The molecule has 1 rings (SSSR count). The van der Waals surface area contributed by atoms with Crippen LogP contribution in [0.1, 0.15) is 34.1 Å². The topological polar surface area (TPSA) is 34.1 Å². The predicted molar refractivity (Wildman–Crippen MR) is 68.0 cm³/mol. The Balaban J connectivity index is 2.57. The molecular weight excluding hydrogens is 200 g/mol. The molecule has 1 aromatic heterocycles. The summed E-state index contributed by atoms with van der Waals surface area (Å²) >= 11 is 0. The maximum absolute atomic E-state index is 5.35. The first-order valence-electron chi connectivity index (χ1n) is 5.91. The molecule has 0 aliphatic heterocycles. The number of nitrogens with one attached hydrogen (secondary N) is 1. The molecule has 0 amide bonds. The summed E-state index contributed by atoms with van der Waals surface area (Å²) in [5, 5.41) is 3.34. The lowest BCUT2D eigenvalue weighted by Crippen LogP contribution is -2.22. The van der Waals surface area contributed by atoms with Gasteiger partial charge in [0.1, 0.15) is 5.82 Å². The van der Waals surface area contributed by atoms with Crippen LogP contribution in [0, 0.1) is 5.41 Å². The molecule has 3 nitrogen and oxygen atoms in total. The Bertz CT molecular complexity index is 323. The second-order valence-electron chi connectivity index (χ2n) is 4.67. The Labute approximate surface area is 98.2 Å². The van der Waals surface area contributed by atoms with E-state index in [0.29, 0.717) is 17.9 Å². The smallest absolute Gasteiger partial charge is 0.215 e. The summed E-state index contributed by atoms with van der Waals surface area (Å²) in [6.07, 6.45) is 1.14. The highest BCUT2D eigenvalue weighted by molar-refractivity contribution is 5.37. The van der Waals surface area contributed by atoms with E-state index in [1.54, 1.807) is 0 Å². The summed E-state index contributed by atoms with van der Waals surface area (Å²) < 4.78 is 5.35. The number of rotatable bonds is 6. The third-order valence-corrected chi connectivity index (χ3v) is 2.72. The molecule has 0 radical (unpaired) electrons. The highest BCUT2D eigenvalue weighted by atomic mass is 16.5. The zero-order valence-electron chi connectivity index (χ0n) is 10.7. The van der Waals surface area contributed by atoms with E-state index in [-0.39, 0.29) is 0 Å². The van der Waals surface area contributed by atoms with Gasteiger partial charge in [-0.25, -0.2) is 0 Å². The van der Waals surface area contributed by atoms with Gasteiger partial charge in [-0.05, 0) is 24.8 Å². The van der Waals surface area contributed by atoms with E-state index in [1.807, 2.05) is 25.1 Å². The first-order chi connectivity index (χ1) is 7.57. The second-order valence-corrected chi connectivity index (χ2v) is 4.67. The van der Waals surface area contributed by atoms with E-state index in [9.17, 15) is 0 Å². The number of pyridine rings is 1. The minimum absolute atomic E-state index is 0.295. The molecule has 3 heteroatoms. The zero-order valence-corrected chi connectivity index (χ0v) is 10.7. The van der Waals surface area contributed by atoms with Crippen LogP contribution in [0.2, 0.25) is 0 Å². The molecule has 0 saturated heterocycles. The Morgan fingerprint density at radius 2 is 2.06 bits per heavy atom. The van der Waals surface area contributed by atoms with E-state index < -0.39 is 0 Å². The van der Waals surface area contributed by atoms with Gasteiger partial charge in [-0.1, -0.05) is 26.8 Å². The maximum atomic E-state index is 5.35. The molecule has 1 heterocycles. The molecule has 0 aliphatic carbocycles. The molecule has 0 aliphatic rings. The van der Waals surface area contributed by atoms with Gasteiger partial charge in [0, 0.05) is 12.6 Å². The first kappa shape index (κ1) is 12.8. The second kappa shape index (κ2) is 5.73. The maximum Gasteiger partial charge on any atom is 0.215 e. The SMILES string of the molecule is CCOc1cccc(NCC(C)(C)CC)n1. The van der Waals surface area contributed by atoms with Gasteiger partial charge in [-0.3, -0.25) is 0 Å². The Morgan fingerprint density at radius 1 is 1.31 bits per heavy atom. The van der Waals surface area contributed by atoms with Crippen LogP contribution in [0.5, 0.6) is 5.88 Å². The summed E-state index contributed by atoms with van der Waals surface area (Å²) in [7, 11) is 0. The molecule has 0 spiro atoms. The van der Waals surface area contributed by atoms with Crippen molar-refractivity contribution in [3.63, 3.8) is 0 Å². The van der Waals surface area contributed by atoms with Crippen molar-refractivity contribution >= 4 is 5.82 Å². The van der Waals surface area contributed by atoms with Crippen molar-refractivity contribution in [1.29, 1.82) is 0 Å². The summed E-state index contributed by atoms with van der Waals surface area (Å²) in [6.45, 7) is 10.2. The minimum atomic E-state index is 0.295. The van der Waals surface area contributed by atoms with Gasteiger partial charge in [0.05, 0.1) is 6.61 Å². The number of aromatic nitrogens is 1. The van der Waals surface area contributed by atoms with Crippen molar-refractivity contribution in [3.8, 4) is 5.88 Å². The monoisotopic (exact) mass is 222 g/mol. The highest BCUT2D eigenvalue weighted by Crippen LogP contribution is 2.20. The predicted octanol–water partition coefficient (Wildman–Crippen LogP) is 3.33.